The van der Waals surface area contributed by atoms with Gasteiger partial charge in [0.15, 0.2) is 5.82 Å². The lowest BCUT2D eigenvalue weighted by atomic mass is 10.0. The van der Waals surface area contributed by atoms with Gasteiger partial charge in [0.25, 0.3) is 0 Å². The second kappa shape index (κ2) is 8.40. The molecule has 2 heterocycles. The maximum absolute atomic E-state index is 5.49. The van der Waals surface area contributed by atoms with Crippen molar-refractivity contribution >= 4 is 17.3 Å². The first-order valence-electron chi connectivity index (χ1n) is 9.83. The fourth-order valence-corrected chi connectivity index (χ4v) is 3.27. The maximum Gasteiger partial charge on any atom is 0.163 e. The van der Waals surface area contributed by atoms with Crippen LogP contribution in [0.15, 0.2) is 60.7 Å². The molecule has 0 amide bonds. The Morgan fingerprint density at radius 1 is 0.929 bits per heavy atom. The molecule has 5 nitrogen and oxygen atoms in total. The number of morpholine rings is 1. The molecule has 5 heteroatoms. The largest absolute Gasteiger partial charge is 0.378 e. The van der Waals surface area contributed by atoms with Gasteiger partial charge in [-0.2, -0.15) is 0 Å². The highest BCUT2D eigenvalue weighted by molar-refractivity contribution is 5.65. The molecule has 28 heavy (non-hydrogen) atoms. The molecule has 0 aliphatic carbocycles. The molecular weight excluding hydrogens is 348 g/mol. The van der Waals surface area contributed by atoms with Crippen molar-refractivity contribution in [2.75, 3.05) is 36.5 Å². The molecule has 0 bridgehead atoms. The van der Waals surface area contributed by atoms with Gasteiger partial charge in [0, 0.05) is 30.4 Å². The number of benzene rings is 2. The van der Waals surface area contributed by atoms with E-state index in [1.807, 2.05) is 36.4 Å². The number of anilines is 3. The summed E-state index contributed by atoms with van der Waals surface area (Å²) < 4.78 is 5.49. The van der Waals surface area contributed by atoms with Crippen LogP contribution in [0, 0.1) is 0 Å². The van der Waals surface area contributed by atoms with E-state index in [0.29, 0.717) is 5.92 Å². The molecule has 0 atom stereocenters. The Bertz CT molecular complexity index is 904. The minimum Gasteiger partial charge on any atom is -0.378 e. The predicted molar refractivity (Wildman–Crippen MR) is 114 cm³/mol. The lowest BCUT2D eigenvalue weighted by Crippen LogP contribution is -2.36. The van der Waals surface area contributed by atoms with Crippen LogP contribution in [0.5, 0.6) is 0 Å². The number of ether oxygens (including phenoxy) is 1. The normalized spacial score (nSPS) is 14.3. The number of nitrogens with zero attached hydrogens (tertiary/aromatic N) is 3. The summed E-state index contributed by atoms with van der Waals surface area (Å²) >= 11 is 0. The van der Waals surface area contributed by atoms with E-state index in [0.717, 1.165) is 55.0 Å². The van der Waals surface area contributed by atoms with Crippen LogP contribution in [0.25, 0.3) is 11.4 Å². The second-order valence-electron chi connectivity index (χ2n) is 7.30. The average molecular weight is 374 g/mol. The highest BCUT2D eigenvalue weighted by Gasteiger charge is 2.16. The molecule has 1 aliphatic heterocycles. The van der Waals surface area contributed by atoms with Crippen molar-refractivity contribution in [3.8, 4) is 11.4 Å². The first kappa shape index (κ1) is 18.4. The third-order valence-corrected chi connectivity index (χ3v) is 4.93. The summed E-state index contributed by atoms with van der Waals surface area (Å²) in [5.41, 5.74) is 3.36. The zero-order chi connectivity index (χ0) is 19.3. The van der Waals surface area contributed by atoms with Gasteiger partial charge in [-0.25, -0.2) is 9.97 Å². The minimum absolute atomic E-state index is 0.519. The van der Waals surface area contributed by atoms with Crippen LogP contribution in [-0.4, -0.2) is 36.3 Å². The maximum atomic E-state index is 5.49. The first-order valence-corrected chi connectivity index (χ1v) is 9.83. The van der Waals surface area contributed by atoms with E-state index in [2.05, 4.69) is 48.3 Å². The SMILES string of the molecule is CC(C)c1ccc(Nc2cc(N3CCOCC3)nc(-c3ccccc3)n2)cc1. The molecule has 0 saturated carbocycles. The molecule has 0 unspecified atom stereocenters. The van der Waals surface area contributed by atoms with Gasteiger partial charge in [-0.05, 0) is 23.6 Å². The van der Waals surface area contributed by atoms with E-state index in [1.165, 1.54) is 5.56 Å². The standard InChI is InChI=1S/C23H26N4O/c1-17(2)18-8-10-20(11-9-18)24-21-16-22(27-12-14-28-15-13-27)26-23(25-21)19-6-4-3-5-7-19/h3-11,16-17H,12-15H2,1-2H3,(H,24,25,26). The lowest BCUT2D eigenvalue weighted by molar-refractivity contribution is 0.122. The summed E-state index contributed by atoms with van der Waals surface area (Å²) in [6, 6.07) is 20.7. The number of rotatable bonds is 5. The fraction of sp³-hybridized carbons (Fsp3) is 0.304. The summed E-state index contributed by atoms with van der Waals surface area (Å²) in [7, 11) is 0. The molecule has 144 valence electrons. The first-order chi connectivity index (χ1) is 13.7. The van der Waals surface area contributed by atoms with Gasteiger partial charge in [-0.1, -0.05) is 56.3 Å². The molecule has 0 spiro atoms. The summed E-state index contributed by atoms with van der Waals surface area (Å²) in [5, 5.41) is 3.45. The third-order valence-electron chi connectivity index (χ3n) is 4.93. The van der Waals surface area contributed by atoms with Crippen LogP contribution in [-0.2, 0) is 4.74 Å². The molecule has 4 rings (SSSR count). The molecule has 1 aromatic heterocycles. The number of hydrogen-bond donors (Lipinski definition) is 1. The summed E-state index contributed by atoms with van der Waals surface area (Å²) in [6.45, 7) is 7.54. The zero-order valence-electron chi connectivity index (χ0n) is 16.4. The van der Waals surface area contributed by atoms with Crippen molar-refractivity contribution < 1.29 is 4.74 Å². The Morgan fingerprint density at radius 2 is 1.64 bits per heavy atom. The monoisotopic (exact) mass is 374 g/mol. The molecule has 1 N–H and O–H groups in total. The van der Waals surface area contributed by atoms with Crippen molar-refractivity contribution in [3.05, 3.63) is 66.2 Å². The molecule has 0 radical (unpaired) electrons. The molecule has 3 aromatic rings. The fourth-order valence-electron chi connectivity index (χ4n) is 3.27. The predicted octanol–water partition coefficient (Wildman–Crippen LogP) is 4.85. The van der Waals surface area contributed by atoms with Crippen molar-refractivity contribution in [1.29, 1.82) is 0 Å². The molecule has 1 saturated heterocycles. The second-order valence-corrected chi connectivity index (χ2v) is 7.30. The zero-order valence-corrected chi connectivity index (χ0v) is 16.4. The quantitative estimate of drug-likeness (QED) is 0.692. The Kier molecular flexibility index (Phi) is 5.53. The highest BCUT2D eigenvalue weighted by atomic mass is 16.5. The van der Waals surface area contributed by atoms with Gasteiger partial charge in [0.1, 0.15) is 11.6 Å². The van der Waals surface area contributed by atoms with E-state index in [1.54, 1.807) is 0 Å². The molecule has 1 fully saturated rings. The smallest absolute Gasteiger partial charge is 0.163 e. The van der Waals surface area contributed by atoms with E-state index < -0.39 is 0 Å². The van der Waals surface area contributed by atoms with Crippen LogP contribution in [0.3, 0.4) is 0 Å². The van der Waals surface area contributed by atoms with Gasteiger partial charge in [0.05, 0.1) is 13.2 Å². The van der Waals surface area contributed by atoms with Crippen LogP contribution in [0.2, 0.25) is 0 Å². The van der Waals surface area contributed by atoms with Crippen LogP contribution < -0.4 is 10.2 Å². The van der Waals surface area contributed by atoms with Gasteiger partial charge >= 0.3 is 0 Å². The Morgan fingerprint density at radius 3 is 2.32 bits per heavy atom. The summed E-state index contributed by atoms with van der Waals surface area (Å²) in [4.78, 5) is 11.9. The van der Waals surface area contributed by atoms with Crippen molar-refractivity contribution in [2.24, 2.45) is 0 Å². The topological polar surface area (TPSA) is 50.3 Å². The summed E-state index contributed by atoms with van der Waals surface area (Å²) in [6.07, 6.45) is 0. The van der Waals surface area contributed by atoms with Crippen LogP contribution in [0.1, 0.15) is 25.3 Å². The number of hydrogen-bond acceptors (Lipinski definition) is 5. The van der Waals surface area contributed by atoms with E-state index in [4.69, 9.17) is 14.7 Å². The van der Waals surface area contributed by atoms with Crippen LogP contribution >= 0.6 is 0 Å². The third kappa shape index (κ3) is 4.31. The van der Waals surface area contributed by atoms with Crippen molar-refractivity contribution in [3.63, 3.8) is 0 Å². The Labute approximate surface area is 166 Å². The van der Waals surface area contributed by atoms with E-state index >= 15 is 0 Å². The van der Waals surface area contributed by atoms with Gasteiger partial charge in [-0.15, -0.1) is 0 Å². The van der Waals surface area contributed by atoms with Gasteiger partial charge < -0.3 is 15.0 Å². The van der Waals surface area contributed by atoms with Gasteiger partial charge in [-0.3, -0.25) is 0 Å². The highest BCUT2D eigenvalue weighted by Crippen LogP contribution is 2.26. The van der Waals surface area contributed by atoms with Crippen molar-refractivity contribution in [1.82, 2.24) is 9.97 Å². The van der Waals surface area contributed by atoms with Crippen molar-refractivity contribution in [2.45, 2.75) is 19.8 Å². The molecule has 2 aromatic carbocycles. The average Bonchev–Trinajstić information content (AvgIpc) is 2.75. The number of aromatic nitrogens is 2. The Balaban J connectivity index is 1.66. The van der Waals surface area contributed by atoms with Crippen LogP contribution in [0.4, 0.5) is 17.3 Å². The summed E-state index contributed by atoms with van der Waals surface area (Å²) in [5.74, 6) is 2.97. The van der Waals surface area contributed by atoms with E-state index in [9.17, 15) is 0 Å². The molecular formula is C23H26N4O. The minimum atomic E-state index is 0.519. The van der Waals surface area contributed by atoms with Gasteiger partial charge in [0.2, 0.25) is 0 Å². The van der Waals surface area contributed by atoms with E-state index in [-0.39, 0.29) is 0 Å². The number of nitrogens with one attached hydrogen (secondary N) is 1. The molecule has 1 aliphatic rings. The Hall–Kier alpha value is -2.92. The lowest BCUT2D eigenvalue weighted by Gasteiger charge is -2.28.